The van der Waals surface area contributed by atoms with Crippen LogP contribution in [0.4, 0.5) is 5.69 Å². The van der Waals surface area contributed by atoms with Crippen LogP contribution < -0.4 is 5.32 Å². The third kappa shape index (κ3) is 4.15. The maximum Gasteiger partial charge on any atom is 0.174 e. The molecule has 1 aromatic carbocycles. The first kappa shape index (κ1) is 17.0. The molecule has 0 saturated carbocycles. The van der Waals surface area contributed by atoms with Gasteiger partial charge in [0, 0.05) is 11.7 Å². The molecule has 0 spiro atoms. The number of hydrogen-bond donors (Lipinski definition) is 1. The second-order valence-corrected chi connectivity index (χ2v) is 8.68. The fourth-order valence-electron chi connectivity index (χ4n) is 2.88. The van der Waals surface area contributed by atoms with Crippen molar-refractivity contribution in [1.29, 1.82) is 0 Å². The summed E-state index contributed by atoms with van der Waals surface area (Å²) in [6.07, 6.45) is 2.19. The van der Waals surface area contributed by atoms with Crippen molar-refractivity contribution in [2.24, 2.45) is 0 Å². The summed E-state index contributed by atoms with van der Waals surface area (Å²) in [6, 6.07) is 11.5. The molecule has 0 amide bonds. The summed E-state index contributed by atoms with van der Waals surface area (Å²) < 4.78 is 29.1. The van der Waals surface area contributed by atoms with Gasteiger partial charge in [0.2, 0.25) is 0 Å². The second-order valence-electron chi connectivity index (χ2n) is 6.06. The number of sulfone groups is 1. The number of benzene rings is 1. The molecule has 1 aromatic heterocycles. The molecule has 0 unspecified atom stereocenters. The Labute approximate surface area is 147 Å². The topological polar surface area (TPSA) is 62.6 Å². The molecule has 1 saturated heterocycles. The molecule has 1 N–H and O–H groups in total. The highest BCUT2D eigenvalue weighted by atomic mass is 32.2. The van der Waals surface area contributed by atoms with Crippen molar-refractivity contribution in [3.63, 3.8) is 0 Å². The van der Waals surface area contributed by atoms with Crippen molar-refractivity contribution in [3.05, 3.63) is 54.0 Å². The Morgan fingerprint density at radius 1 is 1.38 bits per heavy atom. The van der Waals surface area contributed by atoms with Crippen molar-refractivity contribution < 1.29 is 12.8 Å². The number of nitrogens with one attached hydrogen (secondary N) is 1. The van der Waals surface area contributed by atoms with Crippen LogP contribution in [-0.4, -0.2) is 36.0 Å². The number of rotatable bonds is 4. The van der Waals surface area contributed by atoms with Crippen molar-refractivity contribution in [1.82, 2.24) is 4.90 Å². The molecule has 0 radical (unpaired) electrons. The summed E-state index contributed by atoms with van der Waals surface area (Å²) in [5.41, 5.74) is 2.02. The molecule has 3 rings (SSSR count). The number of furan rings is 1. The van der Waals surface area contributed by atoms with Gasteiger partial charge in [-0.3, -0.25) is 0 Å². The molecule has 2 aromatic rings. The van der Waals surface area contributed by atoms with E-state index in [4.69, 9.17) is 16.6 Å². The van der Waals surface area contributed by atoms with Crippen molar-refractivity contribution >= 4 is 32.9 Å². The SMILES string of the molecule is Cc1cccc(NC(=S)N(Cc2ccco2)[C@@H]2CCS(=O)(=O)C2)c1. The lowest BCUT2D eigenvalue weighted by Crippen LogP contribution is -2.42. The lowest BCUT2D eigenvalue weighted by atomic mass is 10.2. The van der Waals surface area contributed by atoms with Gasteiger partial charge in [-0.05, 0) is 55.4 Å². The molecule has 1 atom stereocenters. The largest absolute Gasteiger partial charge is 0.467 e. The van der Waals surface area contributed by atoms with Crippen LogP contribution >= 0.6 is 12.2 Å². The second kappa shape index (κ2) is 6.94. The van der Waals surface area contributed by atoms with Gasteiger partial charge >= 0.3 is 0 Å². The Kier molecular flexibility index (Phi) is 4.91. The molecular weight excluding hydrogens is 344 g/mol. The third-order valence-electron chi connectivity index (χ3n) is 4.09. The standard InChI is InChI=1S/C17H20N2O3S2/c1-13-4-2-5-14(10-13)18-17(23)19(11-16-6-3-8-22-16)15-7-9-24(20,21)12-15/h2-6,8,10,15H,7,9,11-12H2,1H3,(H,18,23)/t15-/m1/s1. The van der Waals surface area contributed by atoms with E-state index >= 15 is 0 Å². The van der Waals surface area contributed by atoms with Crippen LogP contribution in [-0.2, 0) is 16.4 Å². The van der Waals surface area contributed by atoms with Gasteiger partial charge in [-0.1, -0.05) is 12.1 Å². The van der Waals surface area contributed by atoms with E-state index in [9.17, 15) is 8.42 Å². The lowest BCUT2D eigenvalue weighted by Gasteiger charge is -2.30. The summed E-state index contributed by atoms with van der Waals surface area (Å²) in [5, 5.41) is 3.73. The van der Waals surface area contributed by atoms with E-state index in [0.29, 0.717) is 18.1 Å². The predicted octanol–water partition coefficient (Wildman–Crippen LogP) is 2.97. The van der Waals surface area contributed by atoms with Crippen LogP contribution in [0.15, 0.2) is 47.1 Å². The quantitative estimate of drug-likeness (QED) is 0.842. The van der Waals surface area contributed by atoms with Gasteiger partial charge < -0.3 is 14.6 Å². The molecule has 1 fully saturated rings. The van der Waals surface area contributed by atoms with Gasteiger partial charge in [-0.25, -0.2) is 8.42 Å². The Morgan fingerprint density at radius 3 is 2.83 bits per heavy atom. The van der Waals surface area contributed by atoms with Crippen molar-refractivity contribution in [2.45, 2.75) is 25.9 Å². The fraction of sp³-hybridized carbons (Fsp3) is 0.353. The van der Waals surface area contributed by atoms with Crippen molar-refractivity contribution in [3.8, 4) is 0 Å². The molecular formula is C17H20N2O3S2. The first-order valence-corrected chi connectivity index (χ1v) is 10.0. The molecule has 1 aliphatic rings. The van der Waals surface area contributed by atoms with Gasteiger partial charge in [-0.2, -0.15) is 0 Å². The number of anilines is 1. The minimum Gasteiger partial charge on any atom is -0.467 e. The van der Waals surface area contributed by atoms with Crippen LogP contribution in [0.2, 0.25) is 0 Å². The molecule has 0 bridgehead atoms. The monoisotopic (exact) mass is 364 g/mol. The zero-order chi connectivity index (χ0) is 17.2. The Morgan fingerprint density at radius 2 is 2.21 bits per heavy atom. The van der Waals surface area contributed by atoms with Crippen LogP contribution in [0, 0.1) is 6.92 Å². The van der Waals surface area contributed by atoms with Crippen LogP contribution in [0.3, 0.4) is 0 Å². The molecule has 24 heavy (non-hydrogen) atoms. The zero-order valence-electron chi connectivity index (χ0n) is 13.4. The summed E-state index contributed by atoms with van der Waals surface area (Å²) in [6.45, 7) is 2.46. The Hall–Kier alpha value is -1.86. The smallest absolute Gasteiger partial charge is 0.174 e. The number of nitrogens with zero attached hydrogens (tertiary/aromatic N) is 1. The average molecular weight is 364 g/mol. The summed E-state index contributed by atoms with van der Waals surface area (Å²) in [4.78, 5) is 1.92. The van der Waals surface area contributed by atoms with E-state index in [1.54, 1.807) is 6.26 Å². The molecule has 5 nitrogen and oxygen atoms in total. The maximum absolute atomic E-state index is 11.9. The highest BCUT2D eigenvalue weighted by Crippen LogP contribution is 2.22. The third-order valence-corrected chi connectivity index (χ3v) is 6.17. The van der Waals surface area contributed by atoms with Gasteiger partial charge in [0.1, 0.15) is 5.76 Å². The number of aryl methyl sites for hydroxylation is 1. The van der Waals surface area contributed by atoms with Gasteiger partial charge in [0.05, 0.1) is 24.3 Å². The minimum atomic E-state index is -2.99. The highest BCUT2D eigenvalue weighted by molar-refractivity contribution is 7.91. The predicted molar refractivity (Wildman–Crippen MR) is 98.7 cm³/mol. The summed E-state index contributed by atoms with van der Waals surface area (Å²) in [7, 11) is -2.99. The van der Waals surface area contributed by atoms with E-state index in [1.165, 1.54) is 0 Å². The van der Waals surface area contributed by atoms with Crippen LogP contribution in [0.25, 0.3) is 0 Å². The number of thiocarbonyl (C=S) groups is 1. The van der Waals surface area contributed by atoms with Gasteiger partial charge in [0.25, 0.3) is 0 Å². The summed E-state index contributed by atoms with van der Waals surface area (Å²) in [5.74, 6) is 1.09. The number of hydrogen-bond acceptors (Lipinski definition) is 4. The highest BCUT2D eigenvalue weighted by Gasteiger charge is 2.34. The molecule has 7 heteroatoms. The van der Waals surface area contributed by atoms with E-state index in [1.807, 2.05) is 48.2 Å². The Bertz CT molecular complexity index is 816. The zero-order valence-corrected chi connectivity index (χ0v) is 15.1. The fourth-order valence-corrected chi connectivity index (χ4v) is 4.94. The van der Waals surface area contributed by atoms with Crippen LogP contribution in [0.5, 0.6) is 0 Å². The van der Waals surface area contributed by atoms with Gasteiger partial charge in [-0.15, -0.1) is 0 Å². The van der Waals surface area contributed by atoms with E-state index < -0.39 is 9.84 Å². The maximum atomic E-state index is 11.9. The van der Waals surface area contributed by atoms with Crippen molar-refractivity contribution in [2.75, 3.05) is 16.8 Å². The molecule has 128 valence electrons. The van der Waals surface area contributed by atoms with Crippen LogP contribution in [0.1, 0.15) is 17.7 Å². The van der Waals surface area contributed by atoms with Gasteiger partial charge in [0.15, 0.2) is 14.9 Å². The van der Waals surface area contributed by atoms with E-state index in [-0.39, 0.29) is 17.5 Å². The summed E-state index contributed by atoms with van der Waals surface area (Å²) >= 11 is 5.56. The van der Waals surface area contributed by atoms with E-state index in [0.717, 1.165) is 17.0 Å². The molecule has 0 aliphatic carbocycles. The Balaban J connectivity index is 1.79. The average Bonchev–Trinajstić information content (AvgIpc) is 3.14. The lowest BCUT2D eigenvalue weighted by molar-refractivity contribution is 0.302. The first-order valence-electron chi connectivity index (χ1n) is 7.80. The minimum absolute atomic E-state index is 0.128. The first-order chi connectivity index (χ1) is 11.4. The van der Waals surface area contributed by atoms with E-state index in [2.05, 4.69) is 5.32 Å². The normalized spacial score (nSPS) is 19.1. The molecule has 1 aliphatic heterocycles. The molecule has 2 heterocycles.